The van der Waals surface area contributed by atoms with Crippen LogP contribution in [0.2, 0.25) is 0 Å². The zero-order valence-corrected chi connectivity index (χ0v) is 6.84. The van der Waals surface area contributed by atoms with Crippen LogP contribution in [0.1, 0.15) is 13.8 Å². The van der Waals surface area contributed by atoms with Gasteiger partial charge in [0.25, 0.3) is 0 Å². The number of hydrogen-bond acceptors (Lipinski definition) is 4. The van der Waals surface area contributed by atoms with E-state index in [-0.39, 0.29) is 10.2 Å². The lowest BCUT2D eigenvalue weighted by molar-refractivity contribution is -0.109. The Morgan fingerprint density at radius 1 is 1.11 bits per heavy atom. The third kappa shape index (κ3) is 8.04. The zero-order chi connectivity index (χ0) is 7.28. The van der Waals surface area contributed by atoms with Crippen LogP contribution in [-0.4, -0.2) is 10.2 Å². The van der Waals surface area contributed by atoms with E-state index in [4.69, 9.17) is 0 Å². The van der Waals surface area contributed by atoms with Gasteiger partial charge in [-0.15, -0.1) is 0 Å². The molecule has 0 amide bonds. The van der Waals surface area contributed by atoms with Gasteiger partial charge in [-0.3, -0.25) is 9.59 Å². The third-order valence-corrected chi connectivity index (χ3v) is 1.86. The van der Waals surface area contributed by atoms with Crippen molar-refractivity contribution in [2.24, 2.45) is 0 Å². The van der Waals surface area contributed by atoms with Gasteiger partial charge in [0, 0.05) is 13.8 Å². The van der Waals surface area contributed by atoms with Gasteiger partial charge in [0.1, 0.15) is 0 Å². The lowest BCUT2D eigenvalue weighted by Crippen LogP contribution is -1.81. The quantitative estimate of drug-likeness (QED) is 0.620. The minimum absolute atomic E-state index is 0.00347. The van der Waals surface area contributed by atoms with Gasteiger partial charge in [0.05, 0.1) is 5.08 Å². The molecule has 0 aromatic rings. The van der Waals surface area contributed by atoms with E-state index >= 15 is 0 Å². The van der Waals surface area contributed by atoms with Crippen LogP contribution >= 0.6 is 23.5 Å². The Morgan fingerprint density at radius 3 is 1.67 bits per heavy atom. The van der Waals surface area contributed by atoms with Crippen LogP contribution in [0.15, 0.2) is 0 Å². The van der Waals surface area contributed by atoms with Crippen molar-refractivity contribution in [2.45, 2.75) is 13.8 Å². The summed E-state index contributed by atoms with van der Waals surface area (Å²) in [6.45, 7) is 2.92. The summed E-state index contributed by atoms with van der Waals surface area (Å²) in [6.07, 6.45) is 0. The SMILES string of the molecule is CC(=O)S[CH]SC(C)=O. The van der Waals surface area contributed by atoms with Gasteiger partial charge >= 0.3 is 0 Å². The Labute approximate surface area is 62.8 Å². The van der Waals surface area contributed by atoms with Gasteiger partial charge < -0.3 is 0 Å². The Bertz CT molecular complexity index is 108. The Kier molecular flexibility index (Phi) is 4.90. The van der Waals surface area contributed by atoms with Crippen LogP contribution in [-0.2, 0) is 9.59 Å². The van der Waals surface area contributed by atoms with Gasteiger partial charge in [-0.2, -0.15) is 0 Å². The van der Waals surface area contributed by atoms with Crippen molar-refractivity contribution < 1.29 is 9.59 Å². The lowest BCUT2D eigenvalue weighted by atomic mass is 10.9. The normalized spacial score (nSPS) is 9.11. The highest BCUT2D eigenvalue weighted by Crippen LogP contribution is 2.18. The first-order chi connectivity index (χ1) is 4.13. The minimum atomic E-state index is 0.00347. The van der Waals surface area contributed by atoms with Crippen LogP contribution in [0.5, 0.6) is 0 Å². The van der Waals surface area contributed by atoms with E-state index < -0.39 is 0 Å². The molecule has 0 aliphatic carbocycles. The van der Waals surface area contributed by atoms with E-state index in [2.05, 4.69) is 0 Å². The molecule has 0 spiro atoms. The molecule has 1 radical (unpaired) electrons. The van der Waals surface area contributed by atoms with E-state index in [1.165, 1.54) is 18.9 Å². The number of carbonyl (C=O) groups is 2. The molecule has 0 unspecified atom stereocenters. The molecule has 0 saturated heterocycles. The monoisotopic (exact) mass is 163 g/mol. The highest BCUT2D eigenvalue weighted by molar-refractivity contribution is 8.31. The second-order valence-corrected chi connectivity index (χ2v) is 3.71. The van der Waals surface area contributed by atoms with Crippen molar-refractivity contribution in [3.63, 3.8) is 0 Å². The molecular formula is C5H7O2S2. The highest BCUT2D eigenvalue weighted by atomic mass is 32.2. The number of carbonyl (C=O) groups excluding carboxylic acids is 2. The molecule has 0 heterocycles. The van der Waals surface area contributed by atoms with E-state index in [1.54, 1.807) is 0 Å². The molecule has 0 rings (SSSR count). The summed E-state index contributed by atoms with van der Waals surface area (Å²) in [5.41, 5.74) is 0. The zero-order valence-electron chi connectivity index (χ0n) is 5.21. The second-order valence-electron chi connectivity index (χ2n) is 1.32. The molecule has 0 fully saturated rings. The smallest absolute Gasteiger partial charge is 0.187 e. The highest BCUT2D eigenvalue weighted by Gasteiger charge is 1.96. The first kappa shape index (κ1) is 9.04. The Hall–Kier alpha value is 0.0400. The summed E-state index contributed by atoms with van der Waals surface area (Å²) in [7, 11) is 0. The molecule has 0 saturated carbocycles. The molecule has 0 aromatic carbocycles. The molecular weight excluding hydrogens is 156 g/mol. The molecule has 0 aliphatic heterocycles. The predicted molar refractivity (Wildman–Crippen MR) is 40.8 cm³/mol. The van der Waals surface area contributed by atoms with E-state index in [9.17, 15) is 9.59 Å². The summed E-state index contributed by atoms with van der Waals surface area (Å²) in [6, 6.07) is 0. The van der Waals surface area contributed by atoms with Crippen molar-refractivity contribution in [1.82, 2.24) is 0 Å². The third-order valence-electron chi connectivity index (χ3n) is 0.428. The fourth-order valence-corrected chi connectivity index (χ4v) is 1.44. The largest absolute Gasteiger partial charge is 0.288 e. The van der Waals surface area contributed by atoms with Crippen molar-refractivity contribution >= 4 is 33.8 Å². The van der Waals surface area contributed by atoms with Crippen LogP contribution < -0.4 is 0 Å². The molecule has 51 valence electrons. The maximum atomic E-state index is 10.2. The maximum absolute atomic E-state index is 10.2. The number of rotatable bonds is 2. The van der Waals surface area contributed by atoms with Crippen LogP contribution in [0, 0.1) is 5.08 Å². The molecule has 9 heavy (non-hydrogen) atoms. The van der Waals surface area contributed by atoms with Crippen LogP contribution in [0.4, 0.5) is 0 Å². The Balaban J connectivity index is 3.10. The molecule has 0 aromatic heterocycles. The average Bonchev–Trinajstić information content (AvgIpc) is 1.63. The summed E-state index contributed by atoms with van der Waals surface area (Å²) in [4.78, 5) is 20.5. The number of thioether (sulfide) groups is 2. The van der Waals surface area contributed by atoms with E-state index in [0.29, 0.717) is 0 Å². The standard InChI is InChI=1S/C5H7O2S2/c1-4(6)8-3-9-5(2)7/h3H,1-2H3. The van der Waals surface area contributed by atoms with Crippen molar-refractivity contribution in [3.05, 3.63) is 5.08 Å². The van der Waals surface area contributed by atoms with Gasteiger partial charge in [-0.25, -0.2) is 0 Å². The summed E-state index contributed by atoms with van der Waals surface area (Å²) in [5, 5.41) is 1.54. The van der Waals surface area contributed by atoms with Crippen molar-refractivity contribution in [3.8, 4) is 0 Å². The first-order valence-electron chi connectivity index (χ1n) is 2.29. The van der Waals surface area contributed by atoms with Crippen molar-refractivity contribution in [1.29, 1.82) is 0 Å². The molecule has 0 bridgehead atoms. The average molecular weight is 163 g/mol. The summed E-state index contributed by atoms with van der Waals surface area (Å²) >= 11 is 2.08. The van der Waals surface area contributed by atoms with E-state index in [1.807, 2.05) is 0 Å². The first-order valence-corrected chi connectivity index (χ1v) is 4.05. The molecule has 4 heteroatoms. The number of hydrogen-bond donors (Lipinski definition) is 0. The topological polar surface area (TPSA) is 34.1 Å². The lowest BCUT2D eigenvalue weighted by Gasteiger charge is -1.89. The van der Waals surface area contributed by atoms with Crippen LogP contribution in [0.3, 0.4) is 0 Å². The van der Waals surface area contributed by atoms with Gasteiger partial charge in [0.2, 0.25) is 0 Å². The Morgan fingerprint density at radius 2 is 1.44 bits per heavy atom. The second kappa shape index (κ2) is 4.88. The summed E-state index contributed by atoms with van der Waals surface area (Å²) < 4.78 is 0. The molecule has 0 aliphatic rings. The fourth-order valence-electron chi connectivity index (χ4n) is 0.160. The van der Waals surface area contributed by atoms with E-state index in [0.717, 1.165) is 23.5 Å². The van der Waals surface area contributed by atoms with Crippen molar-refractivity contribution in [2.75, 3.05) is 0 Å². The fraction of sp³-hybridized carbons (Fsp3) is 0.400. The molecule has 0 atom stereocenters. The van der Waals surface area contributed by atoms with Gasteiger partial charge in [-0.05, 0) is 0 Å². The molecule has 0 N–H and O–H groups in total. The maximum Gasteiger partial charge on any atom is 0.187 e. The molecule has 2 nitrogen and oxygen atoms in total. The van der Waals surface area contributed by atoms with Crippen LogP contribution in [0.25, 0.3) is 0 Å². The minimum Gasteiger partial charge on any atom is -0.288 e. The predicted octanol–water partition coefficient (Wildman–Crippen LogP) is 1.67. The van der Waals surface area contributed by atoms with Gasteiger partial charge in [-0.1, -0.05) is 23.5 Å². The van der Waals surface area contributed by atoms with Gasteiger partial charge in [0.15, 0.2) is 10.2 Å². The summed E-state index contributed by atoms with van der Waals surface area (Å²) in [5.74, 6) is 0.